The summed E-state index contributed by atoms with van der Waals surface area (Å²) in [7, 11) is 0.496. The highest BCUT2D eigenvalue weighted by molar-refractivity contribution is 7.89. The second kappa shape index (κ2) is 5.89. The molecule has 126 valence electrons. The predicted molar refractivity (Wildman–Crippen MR) is 89.0 cm³/mol. The molecule has 1 atom stereocenters. The van der Waals surface area contributed by atoms with Gasteiger partial charge in [-0.15, -0.1) is 0 Å². The first-order valence-electron chi connectivity index (χ1n) is 7.88. The van der Waals surface area contributed by atoms with Gasteiger partial charge in [0, 0.05) is 38.3 Å². The molecule has 1 fully saturated rings. The quantitative estimate of drug-likeness (QED) is 0.823. The van der Waals surface area contributed by atoms with Gasteiger partial charge in [0.1, 0.15) is 0 Å². The lowest BCUT2D eigenvalue weighted by molar-refractivity contribution is -0.116. The van der Waals surface area contributed by atoms with Crippen molar-refractivity contribution in [2.75, 3.05) is 38.6 Å². The molecule has 6 nitrogen and oxygen atoms in total. The van der Waals surface area contributed by atoms with Crippen molar-refractivity contribution < 1.29 is 13.2 Å². The van der Waals surface area contributed by atoms with E-state index < -0.39 is 10.0 Å². The van der Waals surface area contributed by atoms with Crippen molar-refractivity contribution in [3.8, 4) is 0 Å². The fraction of sp³-hybridized carbons (Fsp3) is 0.562. The van der Waals surface area contributed by atoms with Crippen molar-refractivity contribution >= 4 is 21.6 Å². The van der Waals surface area contributed by atoms with E-state index in [1.165, 1.54) is 6.92 Å². The van der Waals surface area contributed by atoms with Gasteiger partial charge in [-0.3, -0.25) is 4.79 Å². The van der Waals surface area contributed by atoms with E-state index in [2.05, 4.69) is 4.90 Å². The lowest BCUT2D eigenvalue weighted by atomic mass is 10.2. The SMILES string of the molecule is CC(=O)N1CCc2cc(S(=O)(=O)N3CC[C@@H](N(C)C)C3)ccc21. The summed E-state index contributed by atoms with van der Waals surface area (Å²) in [5, 5.41) is 0. The van der Waals surface area contributed by atoms with Crippen LogP contribution in [0.1, 0.15) is 18.9 Å². The molecule has 0 saturated carbocycles. The molecular formula is C16H23N3O3S. The Balaban J connectivity index is 1.86. The normalized spacial score (nSPS) is 21.9. The summed E-state index contributed by atoms with van der Waals surface area (Å²) in [5.41, 5.74) is 1.77. The van der Waals surface area contributed by atoms with Crippen molar-refractivity contribution in [1.29, 1.82) is 0 Å². The van der Waals surface area contributed by atoms with Crippen LogP contribution >= 0.6 is 0 Å². The Bertz CT molecular complexity index is 730. The van der Waals surface area contributed by atoms with Crippen molar-refractivity contribution in [1.82, 2.24) is 9.21 Å². The van der Waals surface area contributed by atoms with E-state index in [1.54, 1.807) is 27.4 Å². The molecule has 0 spiro atoms. The molecule has 1 saturated heterocycles. The van der Waals surface area contributed by atoms with Gasteiger partial charge in [-0.05, 0) is 50.7 Å². The average molecular weight is 337 g/mol. The monoisotopic (exact) mass is 337 g/mol. The number of hydrogen-bond donors (Lipinski definition) is 0. The molecule has 2 aliphatic heterocycles. The van der Waals surface area contributed by atoms with E-state index in [9.17, 15) is 13.2 Å². The smallest absolute Gasteiger partial charge is 0.243 e. The van der Waals surface area contributed by atoms with Crippen LogP contribution in [0.4, 0.5) is 5.69 Å². The summed E-state index contributed by atoms with van der Waals surface area (Å²) in [6.07, 6.45) is 1.56. The first kappa shape index (κ1) is 16.4. The summed E-state index contributed by atoms with van der Waals surface area (Å²) in [5.74, 6) is -0.00674. The van der Waals surface area contributed by atoms with Crippen LogP contribution in [0, 0.1) is 0 Å². The van der Waals surface area contributed by atoms with Gasteiger partial charge in [0.25, 0.3) is 0 Å². The molecule has 7 heteroatoms. The standard InChI is InChI=1S/C16H23N3O3S/c1-12(20)19-9-6-13-10-15(4-5-16(13)19)23(21,22)18-8-7-14(11-18)17(2)3/h4-5,10,14H,6-9,11H2,1-3H3/t14-/m1/s1. The van der Waals surface area contributed by atoms with E-state index in [0.717, 1.165) is 17.7 Å². The number of anilines is 1. The Morgan fingerprint density at radius 1 is 1.26 bits per heavy atom. The maximum Gasteiger partial charge on any atom is 0.243 e. The molecule has 0 unspecified atom stereocenters. The average Bonchev–Trinajstić information content (AvgIpc) is 3.13. The molecule has 0 aromatic heterocycles. The minimum atomic E-state index is -3.46. The number of nitrogens with zero attached hydrogens (tertiary/aromatic N) is 3. The fourth-order valence-electron chi connectivity index (χ4n) is 3.37. The van der Waals surface area contributed by atoms with Gasteiger partial charge >= 0.3 is 0 Å². The number of carbonyl (C=O) groups is 1. The van der Waals surface area contributed by atoms with Crippen LogP contribution < -0.4 is 4.90 Å². The molecule has 0 bridgehead atoms. The number of carbonyl (C=O) groups excluding carboxylic acids is 1. The Morgan fingerprint density at radius 2 is 2.00 bits per heavy atom. The molecule has 23 heavy (non-hydrogen) atoms. The highest BCUT2D eigenvalue weighted by Gasteiger charge is 2.34. The molecule has 2 aliphatic rings. The zero-order chi connectivity index (χ0) is 16.8. The number of likely N-dealkylation sites (N-methyl/N-ethyl adjacent to an activating group) is 1. The molecule has 0 aliphatic carbocycles. The maximum atomic E-state index is 12.8. The Hall–Kier alpha value is -1.44. The van der Waals surface area contributed by atoms with Gasteiger partial charge in [-0.2, -0.15) is 4.31 Å². The number of hydrogen-bond acceptors (Lipinski definition) is 4. The van der Waals surface area contributed by atoms with E-state index in [0.29, 0.717) is 31.0 Å². The topological polar surface area (TPSA) is 60.9 Å². The maximum absolute atomic E-state index is 12.8. The first-order valence-corrected chi connectivity index (χ1v) is 9.32. The third-order valence-electron chi connectivity index (χ3n) is 4.82. The fourth-order valence-corrected chi connectivity index (χ4v) is 4.91. The minimum Gasteiger partial charge on any atom is -0.312 e. The van der Waals surface area contributed by atoms with Gasteiger partial charge < -0.3 is 9.80 Å². The minimum absolute atomic E-state index is 0.00674. The summed E-state index contributed by atoms with van der Waals surface area (Å²) in [6, 6.07) is 5.39. The number of benzene rings is 1. The highest BCUT2D eigenvalue weighted by atomic mass is 32.2. The van der Waals surface area contributed by atoms with Gasteiger partial charge in [0.2, 0.25) is 15.9 Å². The first-order chi connectivity index (χ1) is 10.8. The largest absolute Gasteiger partial charge is 0.312 e. The summed E-state index contributed by atoms with van der Waals surface area (Å²) in [4.78, 5) is 15.7. The number of rotatable bonds is 3. The van der Waals surface area contributed by atoms with Crippen molar-refractivity contribution in [3.63, 3.8) is 0 Å². The van der Waals surface area contributed by atoms with Crippen LogP contribution in [-0.2, 0) is 21.2 Å². The molecule has 1 amide bonds. The molecule has 0 radical (unpaired) electrons. The number of amides is 1. The number of fused-ring (bicyclic) bond motifs is 1. The van der Waals surface area contributed by atoms with Crippen molar-refractivity contribution in [2.24, 2.45) is 0 Å². The Morgan fingerprint density at radius 3 is 2.61 bits per heavy atom. The van der Waals surface area contributed by atoms with E-state index in [1.807, 2.05) is 14.1 Å². The van der Waals surface area contributed by atoms with Crippen LogP contribution in [0.3, 0.4) is 0 Å². The molecule has 1 aromatic carbocycles. The molecule has 3 rings (SSSR count). The predicted octanol–water partition coefficient (Wildman–Crippen LogP) is 0.920. The zero-order valence-corrected chi connectivity index (χ0v) is 14.6. The van der Waals surface area contributed by atoms with E-state index in [-0.39, 0.29) is 11.9 Å². The molecule has 0 N–H and O–H groups in total. The van der Waals surface area contributed by atoms with E-state index >= 15 is 0 Å². The third-order valence-corrected chi connectivity index (χ3v) is 6.68. The van der Waals surface area contributed by atoms with Crippen LogP contribution in [0.15, 0.2) is 23.1 Å². The second-order valence-electron chi connectivity index (χ2n) is 6.48. The van der Waals surface area contributed by atoms with Gasteiger partial charge in [0.05, 0.1) is 4.90 Å². The Labute approximate surface area is 137 Å². The lowest BCUT2D eigenvalue weighted by Gasteiger charge is -2.21. The Kier molecular flexibility index (Phi) is 4.20. The van der Waals surface area contributed by atoms with Gasteiger partial charge in [0.15, 0.2) is 0 Å². The zero-order valence-electron chi connectivity index (χ0n) is 13.8. The van der Waals surface area contributed by atoms with Crippen molar-refractivity contribution in [3.05, 3.63) is 23.8 Å². The van der Waals surface area contributed by atoms with Crippen molar-refractivity contribution in [2.45, 2.75) is 30.7 Å². The summed E-state index contributed by atoms with van der Waals surface area (Å²) in [6.45, 7) is 3.25. The number of sulfonamides is 1. The van der Waals surface area contributed by atoms with Crippen LogP contribution in [0.2, 0.25) is 0 Å². The molecule has 1 aromatic rings. The lowest BCUT2D eigenvalue weighted by Crippen LogP contribution is -2.34. The third kappa shape index (κ3) is 2.88. The van der Waals surface area contributed by atoms with Crippen LogP contribution in [0.25, 0.3) is 0 Å². The summed E-state index contributed by atoms with van der Waals surface area (Å²) < 4.78 is 27.3. The highest BCUT2D eigenvalue weighted by Crippen LogP contribution is 2.32. The van der Waals surface area contributed by atoms with Gasteiger partial charge in [-0.1, -0.05) is 0 Å². The molecular weight excluding hydrogens is 314 g/mol. The van der Waals surface area contributed by atoms with E-state index in [4.69, 9.17) is 0 Å². The second-order valence-corrected chi connectivity index (χ2v) is 8.42. The van der Waals surface area contributed by atoms with Gasteiger partial charge in [-0.25, -0.2) is 8.42 Å². The molecule has 2 heterocycles. The van der Waals surface area contributed by atoms with Crippen LogP contribution in [0.5, 0.6) is 0 Å². The van der Waals surface area contributed by atoms with Crippen LogP contribution in [-0.4, -0.2) is 63.3 Å². The summed E-state index contributed by atoms with van der Waals surface area (Å²) >= 11 is 0.